The van der Waals surface area contributed by atoms with Crippen LogP contribution >= 0.6 is 0 Å². The van der Waals surface area contributed by atoms with E-state index in [1.807, 2.05) is 7.05 Å². The van der Waals surface area contributed by atoms with Crippen molar-refractivity contribution in [2.24, 2.45) is 7.05 Å². The molecule has 1 aliphatic rings. The molecule has 4 aromatic rings. The van der Waals surface area contributed by atoms with Gasteiger partial charge in [0.1, 0.15) is 11.4 Å². The maximum Gasteiger partial charge on any atom is 0.410 e. The quantitative estimate of drug-likeness (QED) is 0.360. The highest BCUT2D eigenvalue weighted by atomic mass is 19.1. The fourth-order valence-electron chi connectivity index (χ4n) is 4.96. The topological polar surface area (TPSA) is 115 Å². The summed E-state index contributed by atoms with van der Waals surface area (Å²) in [4.78, 5) is 38.4. The predicted octanol–water partition coefficient (Wildman–Crippen LogP) is 4.88. The molecule has 0 bridgehead atoms. The van der Waals surface area contributed by atoms with Crippen LogP contribution in [0.5, 0.6) is 5.75 Å². The van der Waals surface area contributed by atoms with Crippen LogP contribution in [0.2, 0.25) is 0 Å². The Bertz CT molecular complexity index is 1730. The number of methoxy groups -OCH3 is 1. The van der Waals surface area contributed by atoms with Gasteiger partial charge in [-0.3, -0.25) is 14.3 Å². The van der Waals surface area contributed by atoms with Crippen LogP contribution in [0.3, 0.4) is 0 Å². The van der Waals surface area contributed by atoms with E-state index in [1.54, 1.807) is 54.9 Å². The van der Waals surface area contributed by atoms with Gasteiger partial charge in [0, 0.05) is 31.4 Å². The van der Waals surface area contributed by atoms with Crippen LogP contribution in [-0.2, 0) is 11.8 Å². The number of ether oxygens (including phenoxy) is 2. The van der Waals surface area contributed by atoms with E-state index in [2.05, 4.69) is 11.1 Å². The van der Waals surface area contributed by atoms with Crippen molar-refractivity contribution in [3.8, 4) is 28.8 Å². The molecule has 2 aromatic carbocycles. The molecule has 0 aliphatic carbocycles. The summed E-state index contributed by atoms with van der Waals surface area (Å²) in [6.45, 7) is 5.76. The van der Waals surface area contributed by atoms with Crippen LogP contribution in [0.1, 0.15) is 51.0 Å². The highest BCUT2D eigenvalue weighted by molar-refractivity contribution is 5.93. The lowest BCUT2D eigenvalue weighted by Gasteiger charge is -2.29. The number of aromatic nitrogens is 4. The minimum Gasteiger partial charge on any atom is -0.494 e. The van der Waals surface area contributed by atoms with Crippen LogP contribution in [-0.4, -0.2) is 49.4 Å². The van der Waals surface area contributed by atoms with E-state index >= 15 is 0 Å². The minimum atomic E-state index is -0.723. The smallest absolute Gasteiger partial charge is 0.410 e. The summed E-state index contributed by atoms with van der Waals surface area (Å²) in [6.07, 6.45) is 4.04. The molecule has 0 spiro atoms. The number of likely N-dealkylation sites (tertiary alicyclic amines) is 1. The summed E-state index contributed by atoms with van der Waals surface area (Å²) in [7, 11) is 3.17. The second-order valence-corrected chi connectivity index (χ2v) is 10.7. The third kappa shape index (κ3) is 4.88. The third-order valence-corrected chi connectivity index (χ3v) is 6.68. The highest BCUT2D eigenvalue weighted by Gasteiger charge is 2.37. The average molecular weight is 545 g/mol. The summed E-state index contributed by atoms with van der Waals surface area (Å²) in [5.41, 5.74) is 0.608. The van der Waals surface area contributed by atoms with Gasteiger partial charge in [0.05, 0.1) is 53.4 Å². The predicted molar refractivity (Wildman–Crippen MR) is 146 cm³/mol. The van der Waals surface area contributed by atoms with Crippen LogP contribution in [0, 0.1) is 17.1 Å². The molecule has 0 radical (unpaired) electrons. The Hall–Kier alpha value is -4.72. The van der Waals surface area contributed by atoms with E-state index in [9.17, 15) is 19.2 Å². The first-order valence-electron chi connectivity index (χ1n) is 12.8. The van der Waals surface area contributed by atoms with Crippen molar-refractivity contribution in [2.75, 3.05) is 13.7 Å². The second kappa shape index (κ2) is 10.1. The maximum atomic E-state index is 14.9. The lowest BCUT2D eigenvalue weighted by Crippen LogP contribution is -2.38. The lowest BCUT2D eigenvalue weighted by molar-refractivity contribution is 0.0216. The fourth-order valence-corrected chi connectivity index (χ4v) is 4.96. The molecule has 2 aromatic heterocycles. The molecule has 1 fully saturated rings. The van der Waals surface area contributed by atoms with E-state index in [0.29, 0.717) is 36.2 Å². The lowest BCUT2D eigenvalue weighted by atomic mass is 10.0. The number of hydrogen-bond donors (Lipinski definition) is 0. The number of carbonyl (C=O) groups excluding carboxylic acids is 1. The van der Waals surface area contributed by atoms with Gasteiger partial charge in [-0.2, -0.15) is 5.26 Å². The number of benzene rings is 2. The van der Waals surface area contributed by atoms with Gasteiger partial charge in [0.2, 0.25) is 0 Å². The van der Waals surface area contributed by atoms with Gasteiger partial charge in [-0.15, -0.1) is 0 Å². The van der Waals surface area contributed by atoms with Crippen molar-refractivity contribution in [3.05, 3.63) is 70.4 Å². The summed E-state index contributed by atoms with van der Waals surface area (Å²) in [6, 6.07) is 8.77. The average Bonchev–Trinajstić information content (AvgIpc) is 3.56. The molecule has 40 heavy (non-hydrogen) atoms. The van der Waals surface area contributed by atoms with Gasteiger partial charge in [-0.1, -0.05) is 0 Å². The van der Waals surface area contributed by atoms with Crippen molar-refractivity contribution in [3.63, 3.8) is 0 Å². The number of rotatable bonds is 4. The summed E-state index contributed by atoms with van der Waals surface area (Å²) in [5, 5.41) is 9.90. The Morgan fingerprint density at radius 3 is 2.62 bits per heavy atom. The van der Waals surface area contributed by atoms with Crippen LogP contribution in [0.25, 0.3) is 27.8 Å². The molecule has 1 saturated heterocycles. The third-order valence-electron chi connectivity index (χ3n) is 6.68. The Balaban J connectivity index is 1.82. The molecular formula is C29H29FN6O4. The molecule has 0 saturated carbocycles. The normalized spacial score (nSPS) is 15.3. The molecule has 5 rings (SSSR count). The zero-order chi connectivity index (χ0) is 28.8. The first kappa shape index (κ1) is 26.9. The van der Waals surface area contributed by atoms with Crippen molar-refractivity contribution < 1.29 is 18.7 Å². The van der Waals surface area contributed by atoms with Gasteiger partial charge in [0.15, 0.2) is 11.6 Å². The van der Waals surface area contributed by atoms with E-state index < -0.39 is 29.1 Å². The highest BCUT2D eigenvalue weighted by Crippen LogP contribution is 2.36. The number of fused-ring (bicyclic) bond motifs is 1. The first-order chi connectivity index (χ1) is 19.0. The molecule has 11 heteroatoms. The SMILES string of the molecule is COc1ccc(-n2c([C@H]3CCCN3C(=O)OC(C)(C)C)nc3c(-c4cn(C)cn4)cc(C#N)cc3c2=O)cc1F. The maximum absolute atomic E-state index is 14.9. The summed E-state index contributed by atoms with van der Waals surface area (Å²) in [5.74, 6) is -0.381. The molecular weight excluding hydrogens is 515 g/mol. The molecule has 3 heterocycles. The zero-order valence-corrected chi connectivity index (χ0v) is 22.9. The monoisotopic (exact) mass is 544 g/mol. The van der Waals surface area contributed by atoms with Gasteiger partial charge in [0.25, 0.3) is 5.56 Å². The Morgan fingerprint density at radius 1 is 1.23 bits per heavy atom. The van der Waals surface area contributed by atoms with E-state index in [4.69, 9.17) is 14.5 Å². The van der Waals surface area contributed by atoms with Crippen molar-refractivity contribution in [1.29, 1.82) is 5.26 Å². The molecule has 1 amide bonds. The van der Waals surface area contributed by atoms with Crippen LogP contribution in [0.15, 0.2) is 47.7 Å². The molecule has 1 aliphatic heterocycles. The summed E-state index contributed by atoms with van der Waals surface area (Å²) >= 11 is 0. The molecule has 1 atom stereocenters. The number of hydrogen-bond acceptors (Lipinski definition) is 7. The van der Waals surface area contributed by atoms with Gasteiger partial charge in [-0.25, -0.2) is 19.2 Å². The summed E-state index contributed by atoms with van der Waals surface area (Å²) < 4.78 is 28.7. The number of nitriles is 1. The van der Waals surface area contributed by atoms with Crippen molar-refractivity contribution >= 4 is 17.0 Å². The first-order valence-corrected chi connectivity index (χ1v) is 12.8. The number of aryl methyl sites for hydroxylation is 1. The Labute approximate surface area is 230 Å². The minimum absolute atomic E-state index is 0.0209. The molecule has 0 N–H and O–H groups in total. The number of nitrogens with zero attached hydrogens (tertiary/aromatic N) is 6. The second-order valence-electron chi connectivity index (χ2n) is 10.7. The fraction of sp³-hybridized carbons (Fsp3) is 0.345. The van der Waals surface area contributed by atoms with Crippen molar-refractivity contribution in [2.45, 2.75) is 45.3 Å². The number of carbonyl (C=O) groups is 1. The van der Waals surface area contributed by atoms with Gasteiger partial charge in [-0.05, 0) is 57.9 Å². The Morgan fingerprint density at radius 2 is 2.00 bits per heavy atom. The Kier molecular flexibility index (Phi) is 6.79. The van der Waals surface area contributed by atoms with Gasteiger partial charge < -0.3 is 14.0 Å². The standard InChI is InChI=1S/C29H29FN6O4/c1-29(2,3)40-28(38)35-10-6-7-23(35)26-33-25-19(22-15-34(4)16-32-22)11-17(14-31)12-20(25)27(37)36(26)18-8-9-24(39-5)21(30)13-18/h8-9,11-13,15-16,23H,6-7,10H2,1-5H3/t23-/m1/s1. The van der Waals surface area contributed by atoms with Crippen LogP contribution < -0.4 is 10.3 Å². The number of halogens is 1. The van der Waals surface area contributed by atoms with E-state index in [0.717, 1.165) is 0 Å². The molecule has 0 unspecified atom stereocenters. The van der Waals surface area contributed by atoms with Gasteiger partial charge >= 0.3 is 6.09 Å². The number of amides is 1. The molecule has 206 valence electrons. The van der Waals surface area contributed by atoms with Crippen LogP contribution in [0.4, 0.5) is 9.18 Å². The zero-order valence-electron chi connectivity index (χ0n) is 22.9. The van der Waals surface area contributed by atoms with E-state index in [-0.39, 0.29) is 28.2 Å². The molecule has 10 nitrogen and oxygen atoms in total. The van der Waals surface area contributed by atoms with Crippen molar-refractivity contribution in [1.82, 2.24) is 24.0 Å². The largest absolute Gasteiger partial charge is 0.494 e. The van der Waals surface area contributed by atoms with E-state index in [1.165, 1.54) is 29.9 Å². The number of imidazole rings is 1.